The van der Waals surface area contributed by atoms with Gasteiger partial charge in [0.25, 0.3) is 0 Å². The minimum Gasteiger partial charge on any atom is -0.310 e. The zero-order valence-electron chi connectivity index (χ0n) is 42.1. The number of fused-ring (bicyclic) bond motifs is 15. The highest BCUT2D eigenvalue weighted by molar-refractivity contribution is 6.12. The zero-order valence-corrected chi connectivity index (χ0v) is 42.1. The fourth-order valence-electron chi connectivity index (χ4n) is 13.5. The first-order valence-electron chi connectivity index (χ1n) is 26.7. The van der Waals surface area contributed by atoms with Gasteiger partial charge in [0.05, 0.1) is 27.8 Å². The molecular formula is C75H48N2. The van der Waals surface area contributed by atoms with Crippen LogP contribution in [0.1, 0.15) is 22.3 Å². The molecule has 2 heteroatoms. The van der Waals surface area contributed by atoms with E-state index in [2.05, 4.69) is 301 Å². The Balaban J connectivity index is 0.838. The van der Waals surface area contributed by atoms with E-state index in [0.717, 1.165) is 22.6 Å². The summed E-state index contributed by atoms with van der Waals surface area (Å²) in [6.45, 7) is 0. The molecule has 13 aromatic carbocycles. The number of benzene rings is 13. The van der Waals surface area contributed by atoms with Crippen LogP contribution in [0, 0.1) is 0 Å². The van der Waals surface area contributed by atoms with Gasteiger partial charge < -0.3 is 9.47 Å². The molecule has 0 N–H and O–H groups in total. The van der Waals surface area contributed by atoms with Gasteiger partial charge in [-0.3, -0.25) is 0 Å². The smallest absolute Gasteiger partial charge is 0.0726 e. The highest BCUT2D eigenvalue weighted by atomic mass is 15.1. The molecule has 0 aliphatic heterocycles. The number of hydrogen-bond donors (Lipinski definition) is 0. The Hall–Kier alpha value is -10.0. The van der Waals surface area contributed by atoms with Crippen molar-refractivity contribution in [3.05, 3.63) is 313 Å². The molecule has 2 nitrogen and oxygen atoms in total. The zero-order chi connectivity index (χ0) is 50.6. The monoisotopic (exact) mass is 976 g/mol. The van der Waals surface area contributed by atoms with E-state index in [9.17, 15) is 0 Å². The van der Waals surface area contributed by atoms with Crippen LogP contribution < -0.4 is 4.90 Å². The molecule has 16 rings (SSSR count). The Labute approximate surface area is 447 Å². The summed E-state index contributed by atoms with van der Waals surface area (Å²) in [6.07, 6.45) is 0. The summed E-state index contributed by atoms with van der Waals surface area (Å²) in [4.78, 5) is 2.49. The van der Waals surface area contributed by atoms with Crippen LogP contribution >= 0.6 is 0 Å². The number of para-hydroxylation sites is 1. The van der Waals surface area contributed by atoms with E-state index in [1.165, 1.54) is 121 Å². The third kappa shape index (κ3) is 6.43. The molecule has 1 aromatic heterocycles. The molecule has 1 heterocycles. The summed E-state index contributed by atoms with van der Waals surface area (Å²) < 4.78 is 2.44. The standard InChI is InChI=1S/C75H48N2/c1-2-18-50(19-3-1)57-43-45-73(64-29-7-6-25-59(57)64)76(56-41-42-63-62-28-10-14-33-69(62)75(70(63)48-56)67-31-12-8-26-60(67)61-27-9-13-32-68(61)75)55-39-36-49(37-40-55)52-22-16-23-53(46-52)54-38-44-74-66(47-54)65-30-11-15-34-72(65)77(74)71-35-17-21-51-20-4-5-24-58(51)71/h1-48H. The van der Waals surface area contributed by atoms with Gasteiger partial charge >= 0.3 is 0 Å². The summed E-state index contributed by atoms with van der Waals surface area (Å²) >= 11 is 0. The maximum atomic E-state index is 2.50. The van der Waals surface area contributed by atoms with Crippen LogP contribution in [0.4, 0.5) is 17.1 Å². The third-order valence-corrected chi connectivity index (χ3v) is 16.8. The van der Waals surface area contributed by atoms with Crippen LogP contribution in [0.5, 0.6) is 0 Å². The predicted molar refractivity (Wildman–Crippen MR) is 323 cm³/mol. The molecule has 2 aliphatic rings. The third-order valence-electron chi connectivity index (χ3n) is 16.8. The fourth-order valence-corrected chi connectivity index (χ4v) is 13.5. The van der Waals surface area contributed by atoms with Crippen molar-refractivity contribution in [3.63, 3.8) is 0 Å². The lowest BCUT2D eigenvalue weighted by Gasteiger charge is -2.32. The molecule has 14 aromatic rings. The minimum atomic E-state index is -0.465. The average molecular weight is 977 g/mol. The van der Waals surface area contributed by atoms with Gasteiger partial charge in [0.1, 0.15) is 0 Å². The molecule has 0 saturated heterocycles. The molecular weight excluding hydrogens is 929 g/mol. The van der Waals surface area contributed by atoms with Gasteiger partial charge in [0, 0.05) is 32.9 Å². The number of rotatable bonds is 7. The van der Waals surface area contributed by atoms with Crippen molar-refractivity contribution in [2.24, 2.45) is 0 Å². The normalized spacial score (nSPS) is 12.8. The lowest BCUT2D eigenvalue weighted by Crippen LogP contribution is -2.26. The molecule has 0 atom stereocenters. The molecule has 77 heavy (non-hydrogen) atoms. The lowest BCUT2D eigenvalue weighted by atomic mass is 9.70. The SMILES string of the molecule is c1ccc(-c2ccc(N(c3ccc(-c4cccc(-c5ccc6c(c5)c5ccccc5n6-c5cccc6ccccc56)c4)cc3)c3ccc4c(c3)C3(c5ccccc5-c5ccccc53)c3ccccc3-4)c3ccccc23)cc1. The van der Waals surface area contributed by atoms with E-state index in [1.807, 2.05) is 0 Å². The molecule has 1 spiro atoms. The van der Waals surface area contributed by atoms with Gasteiger partial charge in [-0.1, -0.05) is 231 Å². The van der Waals surface area contributed by atoms with Crippen molar-refractivity contribution >= 4 is 60.4 Å². The number of nitrogens with zero attached hydrogens (tertiary/aromatic N) is 2. The van der Waals surface area contributed by atoms with E-state index >= 15 is 0 Å². The Morgan fingerprint density at radius 3 is 1.51 bits per heavy atom. The van der Waals surface area contributed by atoms with Crippen molar-refractivity contribution in [2.75, 3.05) is 4.90 Å². The van der Waals surface area contributed by atoms with E-state index in [4.69, 9.17) is 0 Å². The van der Waals surface area contributed by atoms with Crippen LogP contribution in [0.25, 0.3) is 105 Å². The largest absolute Gasteiger partial charge is 0.310 e. The average Bonchev–Trinajstić information content (AvgIpc) is 4.29. The topological polar surface area (TPSA) is 8.17 Å². The van der Waals surface area contributed by atoms with Gasteiger partial charge in [0.15, 0.2) is 0 Å². The molecule has 0 amide bonds. The van der Waals surface area contributed by atoms with Crippen LogP contribution in [0.15, 0.2) is 291 Å². The number of anilines is 3. The van der Waals surface area contributed by atoms with Gasteiger partial charge in [-0.2, -0.15) is 0 Å². The summed E-state index contributed by atoms with van der Waals surface area (Å²) in [6, 6.07) is 108. The Kier molecular flexibility index (Phi) is 9.58. The van der Waals surface area contributed by atoms with Crippen molar-refractivity contribution in [1.29, 1.82) is 0 Å². The lowest BCUT2D eigenvalue weighted by molar-refractivity contribution is 0.793. The number of aromatic nitrogens is 1. The predicted octanol–water partition coefficient (Wildman–Crippen LogP) is 19.9. The van der Waals surface area contributed by atoms with Crippen LogP contribution in [-0.4, -0.2) is 4.57 Å². The van der Waals surface area contributed by atoms with Gasteiger partial charge in [-0.05, 0) is 149 Å². The van der Waals surface area contributed by atoms with Crippen molar-refractivity contribution in [2.45, 2.75) is 5.41 Å². The number of hydrogen-bond acceptors (Lipinski definition) is 1. The molecule has 0 bridgehead atoms. The summed E-state index contributed by atoms with van der Waals surface area (Å²) in [5.41, 5.74) is 24.1. The Morgan fingerprint density at radius 1 is 0.260 bits per heavy atom. The maximum Gasteiger partial charge on any atom is 0.0726 e. The summed E-state index contributed by atoms with van der Waals surface area (Å²) in [5, 5.41) is 7.38. The Morgan fingerprint density at radius 2 is 0.766 bits per heavy atom. The van der Waals surface area contributed by atoms with Gasteiger partial charge in [0.2, 0.25) is 0 Å². The van der Waals surface area contributed by atoms with Crippen molar-refractivity contribution in [1.82, 2.24) is 4.57 Å². The molecule has 2 aliphatic carbocycles. The molecule has 0 unspecified atom stereocenters. The first kappa shape index (κ1) is 43.4. The Bertz CT molecular complexity index is 4620. The minimum absolute atomic E-state index is 0.465. The fraction of sp³-hybridized carbons (Fsp3) is 0.0133. The molecule has 358 valence electrons. The molecule has 0 fully saturated rings. The second kappa shape index (κ2) is 17.0. The van der Waals surface area contributed by atoms with Crippen molar-refractivity contribution in [3.8, 4) is 61.3 Å². The maximum absolute atomic E-state index is 2.50. The first-order valence-corrected chi connectivity index (χ1v) is 26.7. The summed E-state index contributed by atoms with van der Waals surface area (Å²) in [5.74, 6) is 0. The van der Waals surface area contributed by atoms with Crippen molar-refractivity contribution < 1.29 is 0 Å². The van der Waals surface area contributed by atoms with Crippen LogP contribution in [0.3, 0.4) is 0 Å². The highest BCUT2D eigenvalue weighted by Crippen LogP contribution is 2.63. The molecule has 0 radical (unpaired) electrons. The first-order chi connectivity index (χ1) is 38.2. The van der Waals surface area contributed by atoms with E-state index in [-0.39, 0.29) is 0 Å². The second-order valence-corrected chi connectivity index (χ2v) is 20.7. The highest BCUT2D eigenvalue weighted by Gasteiger charge is 2.51. The molecule has 0 saturated carbocycles. The quantitative estimate of drug-likeness (QED) is 0.154. The second-order valence-electron chi connectivity index (χ2n) is 20.7. The van der Waals surface area contributed by atoms with Crippen LogP contribution in [0.2, 0.25) is 0 Å². The van der Waals surface area contributed by atoms with E-state index in [0.29, 0.717) is 0 Å². The van der Waals surface area contributed by atoms with Gasteiger partial charge in [-0.15, -0.1) is 0 Å². The van der Waals surface area contributed by atoms with Crippen LogP contribution in [-0.2, 0) is 5.41 Å². The van der Waals surface area contributed by atoms with Gasteiger partial charge in [-0.25, -0.2) is 0 Å². The van der Waals surface area contributed by atoms with E-state index in [1.54, 1.807) is 0 Å². The van der Waals surface area contributed by atoms with E-state index < -0.39 is 5.41 Å². The summed E-state index contributed by atoms with van der Waals surface area (Å²) in [7, 11) is 0.